The Morgan fingerprint density at radius 1 is 1.47 bits per heavy atom. The molecule has 2 rings (SSSR count). The van der Waals surface area contributed by atoms with Gasteiger partial charge in [-0.2, -0.15) is 0 Å². The summed E-state index contributed by atoms with van der Waals surface area (Å²) in [6, 6.07) is 0. The van der Waals surface area contributed by atoms with Crippen molar-refractivity contribution in [3.8, 4) is 0 Å². The van der Waals surface area contributed by atoms with E-state index < -0.39 is 0 Å². The average Bonchev–Trinajstić information content (AvgIpc) is 3.03. The third-order valence-corrected chi connectivity index (χ3v) is 4.57. The highest BCUT2D eigenvalue weighted by atomic mass is 16.5. The molecule has 1 aliphatic heterocycles. The van der Waals surface area contributed by atoms with Gasteiger partial charge < -0.3 is 14.8 Å². The summed E-state index contributed by atoms with van der Waals surface area (Å²) in [6.07, 6.45) is 4.24. The van der Waals surface area contributed by atoms with Crippen LogP contribution in [0.2, 0.25) is 0 Å². The Morgan fingerprint density at radius 2 is 2.21 bits per heavy atom. The fraction of sp³-hybridized carbons (Fsp3) is 0.933. The van der Waals surface area contributed by atoms with Crippen molar-refractivity contribution in [2.45, 2.75) is 45.6 Å². The molecule has 0 unspecified atom stereocenters. The zero-order valence-corrected chi connectivity index (χ0v) is 12.4. The van der Waals surface area contributed by atoms with Gasteiger partial charge in [0.25, 0.3) is 0 Å². The molecule has 0 radical (unpaired) electrons. The minimum absolute atomic E-state index is 0.122. The van der Waals surface area contributed by atoms with E-state index in [1.807, 2.05) is 0 Å². The van der Waals surface area contributed by atoms with Crippen LogP contribution in [0.15, 0.2) is 0 Å². The van der Waals surface area contributed by atoms with Crippen LogP contribution in [0.25, 0.3) is 0 Å². The number of hydrogen-bond donors (Lipinski definition) is 1. The summed E-state index contributed by atoms with van der Waals surface area (Å²) in [7, 11) is 1.69. The van der Waals surface area contributed by atoms with E-state index >= 15 is 0 Å². The van der Waals surface area contributed by atoms with Crippen LogP contribution in [0.1, 0.15) is 39.5 Å². The summed E-state index contributed by atoms with van der Waals surface area (Å²) in [5.74, 6) is 1.22. The van der Waals surface area contributed by atoms with Gasteiger partial charge in [0.15, 0.2) is 0 Å². The van der Waals surface area contributed by atoms with E-state index in [0.29, 0.717) is 24.5 Å². The Balaban J connectivity index is 1.77. The minimum Gasteiger partial charge on any atom is -0.385 e. The van der Waals surface area contributed by atoms with Crippen LogP contribution in [-0.4, -0.2) is 38.9 Å². The van der Waals surface area contributed by atoms with Gasteiger partial charge in [0.1, 0.15) is 0 Å². The molecule has 19 heavy (non-hydrogen) atoms. The topological polar surface area (TPSA) is 47.6 Å². The van der Waals surface area contributed by atoms with Crippen molar-refractivity contribution < 1.29 is 14.3 Å². The van der Waals surface area contributed by atoms with Crippen LogP contribution in [-0.2, 0) is 14.3 Å². The Bertz CT molecular complexity index is 313. The Hall–Kier alpha value is -0.610. The summed E-state index contributed by atoms with van der Waals surface area (Å²) in [5, 5.41) is 3.15. The van der Waals surface area contributed by atoms with E-state index in [0.717, 1.165) is 38.8 Å². The van der Waals surface area contributed by atoms with E-state index in [2.05, 4.69) is 19.2 Å². The highest BCUT2D eigenvalue weighted by Gasteiger charge is 2.49. The van der Waals surface area contributed by atoms with Crippen molar-refractivity contribution in [1.82, 2.24) is 5.32 Å². The zero-order chi connectivity index (χ0) is 13.9. The Kier molecular flexibility index (Phi) is 4.85. The third-order valence-electron chi connectivity index (χ3n) is 4.57. The maximum absolute atomic E-state index is 12.3. The molecular weight excluding hydrogens is 242 g/mol. The van der Waals surface area contributed by atoms with Crippen LogP contribution < -0.4 is 5.32 Å². The Morgan fingerprint density at radius 3 is 2.79 bits per heavy atom. The van der Waals surface area contributed by atoms with E-state index in [9.17, 15) is 4.79 Å². The lowest BCUT2D eigenvalue weighted by atomic mass is 9.92. The normalized spacial score (nSPS) is 28.6. The number of ether oxygens (including phenoxy) is 2. The predicted octanol–water partition coefficient (Wildman–Crippen LogP) is 1.98. The predicted molar refractivity (Wildman–Crippen MR) is 73.9 cm³/mol. The molecule has 110 valence electrons. The van der Waals surface area contributed by atoms with Gasteiger partial charge in [-0.3, -0.25) is 4.79 Å². The first kappa shape index (κ1) is 14.8. The van der Waals surface area contributed by atoms with Crippen molar-refractivity contribution in [1.29, 1.82) is 0 Å². The second-order valence-corrected chi connectivity index (χ2v) is 6.36. The number of methoxy groups -OCH3 is 1. The maximum atomic E-state index is 12.3. The monoisotopic (exact) mass is 269 g/mol. The van der Waals surface area contributed by atoms with Gasteiger partial charge in [0.2, 0.25) is 5.91 Å². The fourth-order valence-corrected chi connectivity index (χ4v) is 3.06. The van der Waals surface area contributed by atoms with E-state index in [-0.39, 0.29) is 11.3 Å². The molecule has 0 aromatic heterocycles. The number of amides is 1. The first-order chi connectivity index (χ1) is 9.09. The average molecular weight is 269 g/mol. The van der Waals surface area contributed by atoms with Crippen LogP contribution in [0.4, 0.5) is 0 Å². The number of rotatable bonds is 7. The van der Waals surface area contributed by atoms with Crippen LogP contribution >= 0.6 is 0 Å². The van der Waals surface area contributed by atoms with Crippen LogP contribution in [0.3, 0.4) is 0 Å². The SMILES string of the molecule is COCCC1(C(=O)NC[C@H]2CCO[C@@H]2C(C)C)CC1. The molecule has 1 saturated carbocycles. The molecular formula is C15H27NO3. The minimum atomic E-state index is -0.122. The molecule has 1 N–H and O–H groups in total. The number of nitrogens with one attached hydrogen (secondary N) is 1. The third kappa shape index (κ3) is 3.48. The van der Waals surface area contributed by atoms with Gasteiger partial charge >= 0.3 is 0 Å². The molecule has 4 nitrogen and oxygen atoms in total. The van der Waals surface area contributed by atoms with Crippen molar-refractivity contribution >= 4 is 5.91 Å². The first-order valence-electron chi connectivity index (χ1n) is 7.48. The lowest BCUT2D eigenvalue weighted by molar-refractivity contribution is -0.127. The fourth-order valence-electron chi connectivity index (χ4n) is 3.06. The summed E-state index contributed by atoms with van der Waals surface area (Å²) in [4.78, 5) is 12.3. The van der Waals surface area contributed by atoms with Crippen LogP contribution in [0.5, 0.6) is 0 Å². The molecule has 4 heteroatoms. The molecule has 2 fully saturated rings. The number of hydrogen-bond acceptors (Lipinski definition) is 3. The number of carbonyl (C=O) groups is 1. The molecule has 1 heterocycles. The largest absolute Gasteiger partial charge is 0.385 e. The smallest absolute Gasteiger partial charge is 0.226 e. The Labute approximate surface area is 116 Å². The highest BCUT2D eigenvalue weighted by Crippen LogP contribution is 2.49. The van der Waals surface area contributed by atoms with Gasteiger partial charge in [0, 0.05) is 32.8 Å². The zero-order valence-electron chi connectivity index (χ0n) is 12.4. The molecule has 1 amide bonds. The summed E-state index contributed by atoms with van der Waals surface area (Å²) >= 11 is 0. The lowest BCUT2D eigenvalue weighted by Crippen LogP contribution is -2.39. The molecule has 0 aromatic rings. The van der Waals surface area contributed by atoms with Gasteiger partial charge in [-0.15, -0.1) is 0 Å². The second-order valence-electron chi connectivity index (χ2n) is 6.36. The highest BCUT2D eigenvalue weighted by molar-refractivity contribution is 5.85. The van der Waals surface area contributed by atoms with Crippen molar-refractivity contribution in [3.63, 3.8) is 0 Å². The van der Waals surface area contributed by atoms with Crippen LogP contribution in [0, 0.1) is 17.3 Å². The summed E-state index contributed by atoms with van der Waals surface area (Å²) in [5.41, 5.74) is -0.122. The summed E-state index contributed by atoms with van der Waals surface area (Å²) < 4.78 is 10.8. The van der Waals surface area contributed by atoms with Gasteiger partial charge in [0.05, 0.1) is 11.5 Å². The van der Waals surface area contributed by atoms with Crippen molar-refractivity contribution in [2.24, 2.45) is 17.3 Å². The molecule has 1 saturated heterocycles. The first-order valence-corrected chi connectivity index (χ1v) is 7.48. The molecule has 1 aliphatic carbocycles. The van der Waals surface area contributed by atoms with E-state index in [1.165, 1.54) is 0 Å². The maximum Gasteiger partial charge on any atom is 0.226 e. The van der Waals surface area contributed by atoms with E-state index in [1.54, 1.807) is 7.11 Å². The second kappa shape index (κ2) is 6.23. The molecule has 2 atom stereocenters. The molecule has 0 spiro atoms. The van der Waals surface area contributed by atoms with Gasteiger partial charge in [-0.05, 0) is 31.6 Å². The van der Waals surface area contributed by atoms with E-state index in [4.69, 9.17) is 9.47 Å². The molecule has 2 aliphatic rings. The quantitative estimate of drug-likeness (QED) is 0.769. The van der Waals surface area contributed by atoms with Crippen molar-refractivity contribution in [3.05, 3.63) is 0 Å². The van der Waals surface area contributed by atoms with Gasteiger partial charge in [-0.1, -0.05) is 13.8 Å². The van der Waals surface area contributed by atoms with Gasteiger partial charge in [-0.25, -0.2) is 0 Å². The number of carbonyl (C=O) groups excluding carboxylic acids is 1. The van der Waals surface area contributed by atoms with Crippen molar-refractivity contribution in [2.75, 3.05) is 26.9 Å². The standard InChI is InChI=1S/C15H27NO3/c1-11(2)13-12(4-8-19-13)10-16-14(17)15(5-6-15)7-9-18-3/h11-13H,4-10H2,1-3H3,(H,16,17)/t12-,13-/m1/s1. The lowest BCUT2D eigenvalue weighted by Gasteiger charge is -2.23. The molecule has 0 aromatic carbocycles. The summed E-state index contributed by atoms with van der Waals surface area (Å²) in [6.45, 7) is 6.64. The molecule has 0 bridgehead atoms.